The van der Waals surface area contributed by atoms with E-state index in [-0.39, 0.29) is 18.8 Å². The van der Waals surface area contributed by atoms with Gasteiger partial charge in [0.1, 0.15) is 0 Å². The molecule has 146 valence electrons. The fraction of sp³-hybridized carbons (Fsp3) is 0.750. The summed E-state index contributed by atoms with van der Waals surface area (Å²) >= 11 is 0. The van der Waals surface area contributed by atoms with Crippen molar-refractivity contribution in [2.45, 2.75) is 70.9 Å². The molecule has 0 aromatic carbocycles. The minimum atomic E-state index is -3.51. The van der Waals surface area contributed by atoms with Crippen LogP contribution < -0.4 is 0 Å². The molecule has 6 nitrogen and oxygen atoms in total. The molecular weight excluding hydrogens is 336 g/mol. The van der Waals surface area contributed by atoms with E-state index in [0.717, 1.165) is 18.4 Å². The zero-order chi connectivity index (χ0) is 19.5. The Balaban J connectivity index is 2.17. The van der Waals surface area contributed by atoms with Crippen LogP contribution in [0.15, 0.2) is 23.3 Å². The molecule has 3 aliphatic rings. The largest absolute Gasteiger partial charge is 0.481 e. The van der Waals surface area contributed by atoms with Crippen LogP contribution in [0.4, 0.5) is 0 Å². The molecule has 0 heterocycles. The van der Waals surface area contributed by atoms with Crippen molar-refractivity contribution < 1.29 is 30.3 Å². The molecule has 4 atom stereocenters. The summed E-state index contributed by atoms with van der Waals surface area (Å²) in [4.78, 5) is 12.2. The topological polar surface area (TPSA) is 118 Å². The molecule has 0 bridgehead atoms. The Kier molecular flexibility index (Phi) is 4.43. The normalized spacial score (nSPS) is 40.4. The number of carbonyl (C=O) groups is 1. The maximum Gasteiger partial charge on any atom is 0.320 e. The van der Waals surface area contributed by atoms with Crippen LogP contribution in [0.25, 0.3) is 0 Å². The Labute approximate surface area is 153 Å². The van der Waals surface area contributed by atoms with Crippen LogP contribution in [0.2, 0.25) is 0 Å². The van der Waals surface area contributed by atoms with Gasteiger partial charge in [0.2, 0.25) is 0 Å². The lowest BCUT2D eigenvalue weighted by molar-refractivity contribution is -0.414. The van der Waals surface area contributed by atoms with Gasteiger partial charge < -0.3 is 25.5 Å². The van der Waals surface area contributed by atoms with Crippen molar-refractivity contribution in [2.75, 3.05) is 0 Å². The molecule has 0 aromatic heterocycles. The highest BCUT2D eigenvalue weighted by molar-refractivity contribution is 5.78. The van der Waals surface area contributed by atoms with Crippen LogP contribution in [0.3, 0.4) is 0 Å². The highest BCUT2D eigenvalue weighted by Crippen LogP contribution is 2.66. The molecular formula is C20H30O6. The van der Waals surface area contributed by atoms with E-state index in [1.165, 1.54) is 5.57 Å². The Morgan fingerprint density at radius 2 is 1.92 bits per heavy atom. The summed E-state index contributed by atoms with van der Waals surface area (Å²) in [6, 6.07) is 0. The third-order valence-corrected chi connectivity index (χ3v) is 7.46. The highest BCUT2D eigenvalue weighted by Gasteiger charge is 2.75. The third kappa shape index (κ3) is 2.29. The van der Waals surface area contributed by atoms with Crippen LogP contribution in [0.1, 0.15) is 59.3 Å². The Morgan fingerprint density at radius 3 is 2.46 bits per heavy atom. The van der Waals surface area contributed by atoms with Crippen LogP contribution in [0, 0.1) is 22.7 Å². The first-order chi connectivity index (χ1) is 11.9. The first kappa shape index (κ1) is 19.5. The van der Waals surface area contributed by atoms with Gasteiger partial charge in [-0.1, -0.05) is 44.9 Å². The van der Waals surface area contributed by atoms with Crippen molar-refractivity contribution in [3.8, 4) is 0 Å². The molecule has 0 saturated heterocycles. The van der Waals surface area contributed by atoms with E-state index in [1.807, 2.05) is 13.0 Å². The van der Waals surface area contributed by atoms with E-state index >= 15 is 0 Å². The van der Waals surface area contributed by atoms with E-state index in [9.17, 15) is 30.3 Å². The van der Waals surface area contributed by atoms with Gasteiger partial charge in [-0.25, -0.2) is 0 Å². The summed E-state index contributed by atoms with van der Waals surface area (Å²) in [6.45, 7) is 6.12. The highest BCUT2D eigenvalue weighted by atomic mass is 16.7. The molecule has 1 saturated carbocycles. The molecule has 0 amide bonds. The zero-order valence-electron chi connectivity index (χ0n) is 15.7. The number of carboxylic acids is 1. The summed E-state index contributed by atoms with van der Waals surface area (Å²) in [5, 5.41) is 51.6. The summed E-state index contributed by atoms with van der Waals surface area (Å²) in [7, 11) is 0. The zero-order valence-corrected chi connectivity index (χ0v) is 15.7. The van der Waals surface area contributed by atoms with Crippen LogP contribution in [0.5, 0.6) is 0 Å². The Morgan fingerprint density at radius 1 is 1.27 bits per heavy atom. The van der Waals surface area contributed by atoms with Gasteiger partial charge in [-0.2, -0.15) is 0 Å². The second-order valence-electron chi connectivity index (χ2n) is 8.85. The lowest BCUT2D eigenvalue weighted by Gasteiger charge is -2.63. The molecule has 0 aromatic rings. The van der Waals surface area contributed by atoms with Crippen molar-refractivity contribution >= 4 is 5.97 Å². The molecule has 5 N–H and O–H groups in total. The van der Waals surface area contributed by atoms with Crippen molar-refractivity contribution in [3.05, 3.63) is 23.3 Å². The lowest BCUT2D eigenvalue weighted by Crippen LogP contribution is -2.74. The van der Waals surface area contributed by atoms with Crippen LogP contribution in [-0.4, -0.2) is 43.1 Å². The van der Waals surface area contributed by atoms with E-state index in [0.29, 0.717) is 18.8 Å². The third-order valence-electron chi connectivity index (χ3n) is 7.46. The molecule has 3 rings (SSSR count). The maximum absolute atomic E-state index is 12.2. The van der Waals surface area contributed by atoms with Gasteiger partial charge in [-0.15, -0.1) is 0 Å². The smallest absolute Gasteiger partial charge is 0.320 e. The van der Waals surface area contributed by atoms with Crippen molar-refractivity contribution in [3.63, 3.8) is 0 Å². The molecule has 0 spiro atoms. The van der Waals surface area contributed by atoms with Gasteiger partial charge in [-0.3, -0.25) is 4.79 Å². The number of carboxylic acid groups (broad SMARTS) is 1. The number of rotatable bonds is 3. The quantitative estimate of drug-likeness (QED) is 0.487. The first-order valence-electron chi connectivity index (χ1n) is 9.44. The molecule has 6 heteroatoms. The van der Waals surface area contributed by atoms with Gasteiger partial charge in [0.15, 0.2) is 5.41 Å². The predicted molar refractivity (Wildman–Crippen MR) is 94.7 cm³/mol. The summed E-state index contributed by atoms with van der Waals surface area (Å²) in [5.41, 5.74) is -2.85. The number of hydrogen-bond donors (Lipinski definition) is 5. The van der Waals surface area contributed by atoms with Crippen LogP contribution in [-0.2, 0) is 4.79 Å². The summed E-state index contributed by atoms with van der Waals surface area (Å²) < 4.78 is 0. The maximum atomic E-state index is 12.2. The van der Waals surface area contributed by atoms with E-state index in [4.69, 9.17) is 0 Å². The van der Waals surface area contributed by atoms with Gasteiger partial charge in [0.25, 0.3) is 5.97 Å². The molecule has 0 radical (unpaired) electrons. The Bertz CT molecular complexity index is 672. The lowest BCUT2D eigenvalue weighted by atomic mass is 9.43. The number of hydrogen-bond acceptors (Lipinski definition) is 5. The molecule has 1 fully saturated rings. The number of fused-ring (bicyclic) bond motifs is 3. The molecule has 26 heavy (non-hydrogen) atoms. The van der Waals surface area contributed by atoms with E-state index in [1.54, 1.807) is 0 Å². The van der Waals surface area contributed by atoms with Crippen molar-refractivity contribution in [2.24, 2.45) is 22.7 Å². The minimum absolute atomic E-state index is 0.0348. The van der Waals surface area contributed by atoms with Gasteiger partial charge in [-0.05, 0) is 49.5 Å². The second-order valence-corrected chi connectivity index (χ2v) is 8.85. The average Bonchev–Trinajstić information content (AvgIpc) is 2.53. The standard InChI is InChI=1S/C20H30O6/c1-12(2)13-5-6-15-14(11-13)7-10-19(23)17(15,3)8-4-9-18(19,16(21)22)20(24,25)26/h7,11-12,15,23-26H,4-6,8-10H2,1-3H3,(H,21,22)/t15-,17+,18+,19?/m0/s1. The summed E-state index contributed by atoms with van der Waals surface area (Å²) in [6.07, 6.45) is 6.36. The predicted octanol–water partition coefficient (Wildman–Crippen LogP) is 1.93. The average molecular weight is 366 g/mol. The number of allylic oxidation sites excluding steroid dienone is 3. The monoisotopic (exact) mass is 366 g/mol. The van der Waals surface area contributed by atoms with E-state index in [2.05, 4.69) is 19.9 Å². The SMILES string of the molecule is CC(C)C1=CC2=CCC3(O)[C@@](C(=O)O)(C(O)(O)O)CCC[C@]3(C)[C@H]2CC1. The van der Waals surface area contributed by atoms with Crippen molar-refractivity contribution in [1.82, 2.24) is 0 Å². The number of aliphatic hydroxyl groups is 4. The number of aliphatic carboxylic acids is 1. The van der Waals surface area contributed by atoms with E-state index < -0.39 is 28.4 Å². The van der Waals surface area contributed by atoms with Gasteiger partial charge >= 0.3 is 5.97 Å². The molecule has 0 aliphatic heterocycles. The minimum Gasteiger partial charge on any atom is -0.481 e. The van der Waals surface area contributed by atoms with Crippen LogP contribution >= 0.6 is 0 Å². The van der Waals surface area contributed by atoms with Gasteiger partial charge in [0.05, 0.1) is 5.60 Å². The molecule has 1 unspecified atom stereocenters. The fourth-order valence-corrected chi connectivity index (χ4v) is 5.84. The molecule has 3 aliphatic carbocycles. The Hall–Kier alpha value is -1.21. The first-order valence-corrected chi connectivity index (χ1v) is 9.44. The van der Waals surface area contributed by atoms with Gasteiger partial charge in [0, 0.05) is 5.41 Å². The van der Waals surface area contributed by atoms with Crippen molar-refractivity contribution in [1.29, 1.82) is 0 Å². The second kappa shape index (κ2) is 5.89. The summed E-state index contributed by atoms with van der Waals surface area (Å²) in [5.74, 6) is -4.74. The fourth-order valence-electron chi connectivity index (χ4n) is 5.84.